The van der Waals surface area contributed by atoms with E-state index >= 15 is 0 Å². The van der Waals surface area contributed by atoms with Gasteiger partial charge in [-0.05, 0) is 37.8 Å². The van der Waals surface area contributed by atoms with E-state index in [1.807, 2.05) is 35.9 Å². The summed E-state index contributed by atoms with van der Waals surface area (Å²) in [7, 11) is 0. The molecule has 1 aliphatic rings. The Morgan fingerprint density at radius 3 is 2.52 bits per heavy atom. The van der Waals surface area contributed by atoms with Crippen molar-refractivity contribution in [3.05, 3.63) is 47.3 Å². The van der Waals surface area contributed by atoms with Crippen LogP contribution in [0.2, 0.25) is 0 Å². The van der Waals surface area contributed by atoms with Crippen LogP contribution in [-0.4, -0.2) is 32.9 Å². The molecule has 2 aromatic rings. The molecule has 0 aliphatic heterocycles. The number of benzene rings is 1. The molecule has 0 unspecified atom stereocenters. The molecular weight excluding hydrogens is 314 g/mol. The second-order valence-corrected chi connectivity index (χ2v) is 7.46. The lowest BCUT2D eigenvalue weighted by Gasteiger charge is -2.22. The monoisotopic (exact) mass is 341 g/mol. The Morgan fingerprint density at radius 1 is 1.28 bits per heavy atom. The first-order chi connectivity index (χ1) is 11.9. The molecule has 0 spiro atoms. The van der Waals surface area contributed by atoms with Gasteiger partial charge in [0.2, 0.25) is 0 Å². The van der Waals surface area contributed by atoms with Crippen LogP contribution in [0.5, 0.6) is 0 Å². The molecule has 1 aromatic heterocycles. The van der Waals surface area contributed by atoms with Crippen molar-refractivity contribution in [1.82, 2.24) is 15.1 Å². The second kappa shape index (κ2) is 7.00. The van der Waals surface area contributed by atoms with E-state index in [0.717, 1.165) is 37.1 Å². The van der Waals surface area contributed by atoms with Gasteiger partial charge in [0.25, 0.3) is 5.91 Å². The summed E-state index contributed by atoms with van der Waals surface area (Å²) in [6.07, 6.45) is 5.19. The summed E-state index contributed by atoms with van der Waals surface area (Å²) in [6, 6.07) is 8.10. The third kappa shape index (κ3) is 3.76. The Balaban J connectivity index is 1.83. The van der Waals surface area contributed by atoms with Gasteiger partial charge in [-0.3, -0.25) is 4.79 Å². The minimum atomic E-state index is -0.749. The van der Waals surface area contributed by atoms with Crippen molar-refractivity contribution in [3.63, 3.8) is 0 Å². The minimum Gasteiger partial charge on any atom is -0.388 e. The number of nitrogens with zero attached hydrogens (tertiary/aromatic N) is 2. The van der Waals surface area contributed by atoms with Crippen molar-refractivity contribution in [1.29, 1.82) is 0 Å². The summed E-state index contributed by atoms with van der Waals surface area (Å²) < 4.78 is 1.84. The maximum Gasteiger partial charge on any atom is 0.254 e. The Hall–Kier alpha value is -2.14. The van der Waals surface area contributed by atoms with Gasteiger partial charge in [-0.2, -0.15) is 5.10 Å². The predicted molar refractivity (Wildman–Crippen MR) is 98.1 cm³/mol. The van der Waals surface area contributed by atoms with Gasteiger partial charge in [-0.1, -0.05) is 44.4 Å². The van der Waals surface area contributed by atoms with E-state index in [1.165, 1.54) is 5.56 Å². The van der Waals surface area contributed by atoms with E-state index in [9.17, 15) is 9.90 Å². The molecule has 1 heterocycles. The standard InChI is InChI=1S/C20H27N3O2/c1-14(2)18-17(19(24)21-13-20(25)10-4-5-11-20)12-22-23(18)16-8-6-15(3)7-9-16/h6-9,12,14,25H,4-5,10-11,13H2,1-3H3,(H,21,24). The smallest absolute Gasteiger partial charge is 0.254 e. The molecule has 1 saturated carbocycles. The fourth-order valence-electron chi connectivity index (χ4n) is 3.53. The van der Waals surface area contributed by atoms with Gasteiger partial charge in [0.05, 0.1) is 28.7 Å². The molecule has 0 radical (unpaired) electrons. The average molecular weight is 341 g/mol. The molecule has 25 heavy (non-hydrogen) atoms. The highest BCUT2D eigenvalue weighted by atomic mass is 16.3. The Bertz CT molecular complexity index is 741. The largest absolute Gasteiger partial charge is 0.388 e. The van der Waals surface area contributed by atoms with E-state index < -0.39 is 5.60 Å². The number of amides is 1. The van der Waals surface area contributed by atoms with E-state index in [4.69, 9.17) is 0 Å². The number of aryl methyl sites for hydroxylation is 1. The van der Waals surface area contributed by atoms with Crippen LogP contribution in [0.1, 0.15) is 67.1 Å². The SMILES string of the molecule is Cc1ccc(-n2ncc(C(=O)NCC3(O)CCCC3)c2C(C)C)cc1. The van der Waals surface area contributed by atoms with Gasteiger partial charge >= 0.3 is 0 Å². The van der Waals surface area contributed by atoms with Crippen LogP contribution < -0.4 is 5.32 Å². The van der Waals surface area contributed by atoms with Gasteiger partial charge in [0.1, 0.15) is 0 Å². The van der Waals surface area contributed by atoms with Crippen molar-refractivity contribution >= 4 is 5.91 Å². The van der Waals surface area contributed by atoms with Crippen LogP contribution in [0, 0.1) is 6.92 Å². The molecule has 5 heteroatoms. The molecule has 1 fully saturated rings. The number of aliphatic hydroxyl groups is 1. The zero-order valence-corrected chi connectivity index (χ0v) is 15.2. The Labute approximate surface area is 149 Å². The summed E-state index contributed by atoms with van der Waals surface area (Å²) in [5.74, 6) is -0.0125. The normalized spacial score (nSPS) is 16.4. The zero-order chi connectivity index (χ0) is 18.0. The van der Waals surface area contributed by atoms with Crippen molar-refractivity contribution in [2.75, 3.05) is 6.54 Å². The van der Waals surface area contributed by atoms with Gasteiger partial charge < -0.3 is 10.4 Å². The van der Waals surface area contributed by atoms with Crippen LogP contribution in [-0.2, 0) is 0 Å². The average Bonchev–Trinajstić information content (AvgIpc) is 3.20. The van der Waals surface area contributed by atoms with Crippen molar-refractivity contribution in [2.24, 2.45) is 0 Å². The fraction of sp³-hybridized carbons (Fsp3) is 0.500. The first kappa shape index (κ1) is 17.7. The number of carbonyl (C=O) groups excluding carboxylic acids is 1. The summed E-state index contributed by atoms with van der Waals surface area (Å²) in [4.78, 5) is 12.7. The molecular formula is C20H27N3O2. The van der Waals surface area contributed by atoms with Gasteiger partial charge in [-0.15, -0.1) is 0 Å². The first-order valence-corrected chi connectivity index (χ1v) is 9.05. The second-order valence-electron chi connectivity index (χ2n) is 7.46. The minimum absolute atomic E-state index is 0.152. The van der Waals surface area contributed by atoms with Crippen molar-refractivity contribution in [3.8, 4) is 5.69 Å². The predicted octanol–water partition coefficient (Wildman–Crippen LogP) is 3.34. The molecule has 0 bridgehead atoms. The van der Waals surface area contributed by atoms with Crippen LogP contribution in [0.4, 0.5) is 0 Å². The van der Waals surface area contributed by atoms with Gasteiger partial charge in [-0.25, -0.2) is 4.68 Å². The summed E-state index contributed by atoms with van der Waals surface area (Å²) >= 11 is 0. The molecule has 1 amide bonds. The molecule has 134 valence electrons. The number of carbonyl (C=O) groups is 1. The van der Waals surface area contributed by atoms with Crippen molar-refractivity contribution < 1.29 is 9.90 Å². The quantitative estimate of drug-likeness (QED) is 0.876. The highest BCUT2D eigenvalue weighted by molar-refractivity contribution is 5.95. The molecule has 2 N–H and O–H groups in total. The highest BCUT2D eigenvalue weighted by Gasteiger charge is 2.32. The number of aromatic nitrogens is 2. The first-order valence-electron chi connectivity index (χ1n) is 9.05. The van der Waals surface area contributed by atoms with Crippen LogP contribution in [0.3, 0.4) is 0 Å². The maximum atomic E-state index is 12.7. The fourth-order valence-corrected chi connectivity index (χ4v) is 3.53. The van der Waals surface area contributed by atoms with E-state index in [0.29, 0.717) is 12.1 Å². The molecule has 3 rings (SSSR count). The molecule has 1 aliphatic carbocycles. The molecule has 1 aromatic carbocycles. The number of hydrogen-bond donors (Lipinski definition) is 2. The lowest BCUT2D eigenvalue weighted by atomic mass is 10.0. The third-order valence-corrected chi connectivity index (χ3v) is 4.99. The Morgan fingerprint density at radius 2 is 1.92 bits per heavy atom. The molecule has 0 saturated heterocycles. The number of nitrogens with one attached hydrogen (secondary N) is 1. The molecule has 0 atom stereocenters. The highest BCUT2D eigenvalue weighted by Crippen LogP contribution is 2.29. The van der Waals surface area contributed by atoms with E-state index in [1.54, 1.807) is 6.20 Å². The number of rotatable bonds is 5. The van der Waals surface area contributed by atoms with Crippen molar-refractivity contribution in [2.45, 2.75) is 58.0 Å². The Kier molecular flexibility index (Phi) is 4.95. The zero-order valence-electron chi connectivity index (χ0n) is 15.2. The van der Waals surface area contributed by atoms with E-state index in [-0.39, 0.29) is 11.8 Å². The van der Waals surface area contributed by atoms with E-state index in [2.05, 4.69) is 24.3 Å². The summed E-state index contributed by atoms with van der Waals surface area (Å²) in [5.41, 5.74) is 2.85. The summed E-state index contributed by atoms with van der Waals surface area (Å²) in [6.45, 7) is 6.47. The van der Waals surface area contributed by atoms with Crippen LogP contribution >= 0.6 is 0 Å². The summed E-state index contributed by atoms with van der Waals surface area (Å²) in [5, 5.41) is 17.8. The topological polar surface area (TPSA) is 67.2 Å². The third-order valence-electron chi connectivity index (χ3n) is 4.99. The molecule has 5 nitrogen and oxygen atoms in total. The van der Waals surface area contributed by atoms with Crippen LogP contribution in [0.15, 0.2) is 30.5 Å². The van der Waals surface area contributed by atoms with Gasteiger partial charge in [0, 0.05) is 6.54 Å². The number of hydrogen-bond acceptors (Lipinski definition) is 3. The van der Waals surface area contributed by atoms with Crippen LogP contribution in [0.25, 0.3) is 5.69 Å². The lowest BCUT2D eigenvalue weighted by molar-refractivity contribution is 0.0449. The van der Waals surface area contributed by atoms with Gasteiger partial charge in [0.15, 0.2) is 0 Å². The maximum absolute atomic E-state index is 12.7. The lowest BCUT2D eigenvalue weighted by Crippen LogP contribution is -2.41.